The minimum Gasteiger partial charge on any atom is -0.343 e. The van der Waals surface area contributed by atoms with Crippen molar-refractivity contribution >= 4 is 33.6 Å². The molecule has 0 bridgehead atoms. The number of hydrogen-bond donors (Lipinski definition) is 2. The molecule has 0 aliphatic carbocycles. The van der Waals surface area contributed by atoms with Crippen molar-refractivity contribution in [2.75, 3.05) is 25.0 Å². The zero-order chi connectivity index (χ0) is 16.9. The van der Waals surface area contributed by atoms with Gasteiger partial charge >= 0.3 is 0 Å². The lowest BCUT2D eigenvalue weighted by Crippen LogP contribution is -2.43. The molecule has 130 valence electrons. The lowest BCUT2D eigenvalue weighted by atomic mass is 9.95. The summed E-state index contributed by atoms with van der Waals surface area (Å²) in [4.78, 5) is 30.7. The molecule has 7 heteroatoms. The Morgan fingerprint density at radius 1 is 1.29 bits per heavy atom. The zero-order valence-corrected chi connectivity index (χ0v) is 15.2. The molecule has 2 N–H and O–H groups in total. The molecule has 0 saturated carbocycles. The van der Waals surface area contributed by atoms with Gasteiger partial charge in [-0.1, -0.05) is 0 Å². The van der Waals surface area contributed by atoms with Crippen LogP contribution in [-0.2, 0) is 9.59 Å². The summed E-state index contributed by atoms with van der Waals surface area (Å²) in [6, 6.07) is 3.96. The second kappa shape index (κ2) is 8.07. The lowest BCUT2D eigenvalue weighted by molar-refractivity contribution is -0.134. The van der Waals surface area contributed by atoms with E-state index in [1.165, 1.54) is 0 Å². The van der Waals surface area contributed by atoms with Crippen molar-refractivity contribution in [3.05, 3.63) is 22.8 Å². The summed E-state index contributed by atoms with van der Waals surface area (Å²) >= 11 is 3.32. The summed E-state index contributed by atoms with van der Waals surface area (Å²) < 4.78 is 0.879. The molecule has 2 aliphatic heterocycles. The molecule has 1 aromatic rings. The third kappa shape index (κ3) is 4.54. The van der Waals surface area contributed by atoms with Gasteiger partial charge in [0.2, 0.25) is 11.8 Å². The van der Waals surface area contributed by atoms with Gasteiger partial charge in [0.1, 0.15) is 5.82 Å². The Kier molecular flexibility index (Phi) is 5.84. The Balaban J connectivity index is 1.44. The van der Waals surface area contributed by atoms with Crippen molar-refractivity contribution in [3.63, 3.8) is 0 Å². The van der Waals surface area contributed by atoms with Crippen LogP contribution in [0, 0.1) is 5.92 Å². The fourth-order valence-corrected chi connectivity index (χ4v) is 3.57. The molecule has 2 amide bonds. The summed E-state index contributed by atoms with van der Waals surface area (Å²) in [6.45, 7) is 2.35. The summed E-state index contributed by atoms with van der Waals surface area (Å²) in [6.07, 6.45) is 5.92. The summed E-state index contributed by atoms with van der Waals surface area (Å²) in [5.41, 5.74) is 0. The molecule has 6 nitrogen and oxygen atoms in total. The summed E-state index contributed by atoms with van der Waals surface area (Å²) in [5.74, 6) is 0.718. The van der Waals surface area contributed by atoms with E-state index in [1.807, 2.05) is 11.0 Å². The third-order valence-electron chi connectivity index (χ3n) is 4.78. The molecule has 0 spiro atoms. The average molecular weight is 395 g/mol. The van der Waals surface area contributed by atoms with Crippen LogP contribution in [0.25, 0.3) is 0 Å². The molecule has 1 aromatic heterocycles. The van der Waals surface area contributed by atoms with E-state index >= 15 is 0 Å². The molecule has 1 unspecified atom stereocenters. The Labute approximate surface area is 150 Å². The smallest absolute Gasteiger partial charge is 0.228 e. The number of nitrogens with zero attached hydrogens (tertiary/aromatic N) is 2. The highest BCUT2D eigenvalue weighted by atomic mass is 79.9. The Hall–Kier alpha value is -1.47. The van der Waals surface area contributed by atoms with Gasteiger partial charge in [0.05, 0.1) is 0 Å². The van der Waals surface area contributed by atoms with Gasteiger partial charge in [-0.2, -0.15) is 0 Å². The Morgan fingerprint density at radius 2 is 2.08 bits per heavy atom. The topological polar surface area (TPSA) is 74.3 Å². The number of pyridine rings is 1. The van der Waals surface area contributed by atoms with Gasteiger partial charge in [0.15, 0.2) is 0 Å². The number of amides is 2. The number of carbonyl (C=O) groups is 2. The van der Waals surface area contributed by atoms with E-state index in [-0.39, 0.29) is 17.7 Å². The fourth-order valence-electron chi connectivity index (χ4n) is 3.34. The third-order valence-corrected chi connectivity index (χ3v) is 5.25. The predicted octanol–water partition coefficient (Wildman–Crippen LogP) is 2.16. The van der Waals surface area contributed by atoms with Gasteiger partial charge in [-0.25, -0.2) is 4.98 Å². The predicted molar refractivity (Wildman–Crippen MR) is 95.5 cm³/mol. The standard InChI is InChI=1S/C17H23BrN4O2/c18-13-3-4-15(20-11-13)21-17(24)12-5-8-22(9-6-12)16(23)10-14-2-1-7-19-14/h3-4,11-12,14,19H,1-2,5-10H2,(H,20,21,24). The first-order valence-corrected chi connectivity index (χ1v) is 9.34. The van der Waals surface area contributed by atoms with E-state index in [0.29, 0.717) is 44.2 Å². The molecule has 2 aliphatic rings. The van der Waals surface area contributed by atoms with Crippen molar-refractivity contribution in [1.82, 2.24) is 15.2 Å². The number of aromatic nitrogens is 1. The largest absolute Gasteiger partial charge is 0.343 e. The van der Waals surface area contributed by atoms with Crippen LogP contribution in [0.3, 0.4) is 0 Å². The molecule has 2 fully saturated rings. The van der Waals surface area contributed by atoms with Gasteiger partial charge < -0.3 is 15.5 Å². The molecular formula is C17H23BrN4O2. The Bertz CT molecular complexity index is 579. The fraction of sp³-hybridized carbons (Fsp3) is 0.588. The normalized spacial score (nSPS) is 21.7. The average Bonchev–Trinajstić information content (AvgIpc) is 3.10. The molecular weight excluding hydrogens is 372 g/mol. The first kappa shape index (κ1) is 17.4. The van der Waals surface area contributed by atoms with Crippen molar-refractivity contribution in [3.8, 4) is 0 Å². The van der Waals surface area contributed by atoms with Crippen LogP contribution in [0.2, 0.25) is 0 Å². The molecule has 3 rings (SSSR count). The van der Waals surface area contributed by atoms with E-state index in [1.54, 1.807) is 12.3 Å². The van der Waals surface area contributed by atoms with Crippen LogP contribution in [0.1, 0.15) is 32.1 Å². The van der Waals surface area contributed by atoms with Crippen molar-refractivity contribution < 1.29 is 9.59 Å². The monoisotopic (exact) mass is 394 g/mol. The number of halogens is 1. The zero-order valence-electron chi connectivity index (χ0n) is 13.6. The molecule has 0 radical (unpaired) electrons. The minimum absolute atomic E-state index is 0.00520. The van der Waals surface area contributed by atoms with E-state index in [0.717, 1.165) is 23.9 Å². The number of anilines is 1. The van der Waals surface area contributed by atoms with E-state index in [2.05, 4.69) is 31.5 Å². The maximum Gasteiger partial charge on any atom is 0.228 e. The minimum atomic E-state index is -0.0518. The number of piperidine rings is 1. The molecule has 24 heavy (non-hydrogen) atoms. The summed E-state index contributed by atoms with van der Waals surface area (Å²) in [5, 5.41) is 6.22. The van der Waals surface area contributed by atoms with Crippen molar-refractivity contribution in [2.24, 2.45) is 5.92 Å². The van der Waals surface area contributed by atoms with Gasteiger partial charge in [-0.3, -0.25) is 9.59 Å². The highest BCUT2D eigenvalue weighted by Gasteiger charge is 2.29. The van der Waals surface area contributed by atoms with Gasteiger partial charge in [0, 0.05) is 42.1 Å². The number of rotatable bonds is 4. The van der Waals surface area contributed by atoms with Crippen LogP contribution in [0.4, 0.5) is 5.82 Å². The van der Waals surface area contributed by atoms with Crippen molar-refractivity contribution in [1.29, 1.82) is 0 Å². The number of nitrogens with one attached hydrogen (secondary N) is 2. The SMILES string of the molecule is O=C(Nc1ccc(Br)cn1)C1CCN(C(=O)CC2CCCN2)CC1. The van der Waals surface area contributed by atoms with E-state index in [4.69, 9.17) is 0 Å². The summed E-state index contributed by atoms with van der Waals surface area (Å²) in [7, 11) is 0. The maximum absolute atomic E-state index is 12.3. The van der Waals surface area contributed by atoms with Crippen LogP contribution in [0.15, 0.2) is 22.8 Å². The van der Waals surface area contributed by atoms with Crippen LogP contribution in [0.5, 0.6) is 0 Å². The van der Waals surface area contributed by atoms with Gasteiger partial charge in [-0.15, -0.1) is 0 Å². The first-order chi connectivity index (χ1) is 11.6. The second-order valence-corrected chi connectivity index (χ2v) is 7.42. The lowest BCUT2D eigenvalue weighted by Gasteiger charge is -2.32. The maximum atomic E-state index is 12.3. The highest BCUT2D eigenvalue weighted by Crippen LogP contribution is 2.21. The van der Waals surface area contributed by atoms with E-state index in [9.17, 15) is 9.59 Å². The second-order valence-electron chi connectivity index (χ2n) is 6.50. The highest BCUT2D eigenvalue weighted by molar-refractivity contribution is 9.10. The molecule has 1 atom stereocenters. The van der Waals surface area contributed by atoms with E-state index < -0.39 is 0 Å². The van der Waals surface area contributed by atoms with Crippen LogP contribution >= 0.6 is 15.9 Å². The molecule has 2 saturated heterocycles. The Morgan fingerprint density at radius 3 is 2.71 bits per heavy atom. The molecule has 3 heterocycles. The van der Waals surface area contributed by atoms with Gasteiger partial charge in [0.25, 0.3) is 0 Å². The van der Waals surface area contributed by atoms with Crippen molar-refractivity contribution in [2.45, 2.75) is 38.1 Å². The van der Waals surface area contributed by atoms with Crippen LogP contribution < -0.4 is 10.6 Å². The number of carbonyl (C=O) groups excluding carboxylic acids is 2. The number of hydrogen-bond acceptors (Lipinski definition) is 4. The number of likely N-dealkylation sites (tertiary alicyclic amines) is 1. The first-order valence-electron chi connectivity index (χ1n) is 8.55. The van der Waals surface area contributed by atoms with Crippen LogP contribution in [-0.4, -0.2) is 47.4 Å². The molecule has 0 aromatic carbocycles. The quantitative estimate of drug-likeness (QED) is 0.820. The van der Waals surface area contributed by atoms with Gasteiger partial charge in [-0.05, 0) is 60.3 Å².